The van der Waals surface area contributed by atoms with Gasteiger partial charge in [0.2, 0.25) is 0 Å². The van der Waals surface area contributed by atoms with E-state index in [1.54, 1.807) is 13.4 Å². The molecule has 78 valence electrons. The molecule has 14 heavy (non-hydrogen) atoms. The van der Waals surface area contributed by atoms with Gasteiger partial charge in [-0.05, 0) is 18.9 Å². The maximum atomic E-state index is 9.25. The molecule has 0 aliphatic heterocycles. The standard InChI is InChI=1S/C10H15NO3/c1-13-6-7-2-3-14-9(7)10(11)4-8(12)5-10/h2-3,8,12H,4-6,11H2,1H3. The van der Waals surface area contributed by atoms with E-state index in [-0.39, 0.29) is 6.10 Å². The minimum atomic E-state index is -0.489. The maximum Gasteiger partial charge on any atom is 0.129 e. The van der Waals surface area contributed by atoms with E-state index in [9.17, 15) is 5.11 Å². The predicted molar refractivity (Wildman–Crippen MR) is 50.5 cm³/mol. The Morgan fingerprint density at radius 3 is 3.00 bits per heavy atom. The first-order chi connectivity index (χ1) is 6.65. The summed E-state index contributed by atoms with van der Waals surface area (Å²) in [7, 11) is 1.63. The van der Waals surface area contributed by atoms with Crippen molar-refractivity contribution in [3.05, 3.63) is 23.7 Å². The van der Waals surface area contributed by atoms with Crippen LogP contribution in [0.25, 0.3) is 0 Å². The van der Waals surface area contributed by atoms with Crippen LogP contribution in [-0.2, 0) is 16.9 Å². The third-order valence-corrected chi connectivity index (χ3v) is 2.70. The van der Waals surface area contributed by atoms with Crippen molar-refractivity contribution in [2.45, 2.75) is 31.1 Å². The Kier molecular flexibility index (Phi) is 2.34. The van der Waals surface area contributed by atoms with Crippen LogP contribution in [0.4, 0.5) is 0 Å². The van der Waals surface area contributed by atoms with Gasteiger partial charge in [-0.15, -0.1) is 0 Å². The van der Waals surface area contributed by atoms with Gasteiger partial charge in [-0.1, -0.05) is 0 Å². The molecule has 1 fully saturated rings. The van der Waals surface area contributed by atoms with Gasteiger partial charge in [0, 0.05) is 12.7 Å². The molecular formula is C10H15NO3. The fraction of sp³-hybridized carbons (Fsp3) is 0.600. The fourth-order valence-corrected chi connectivity index (χ4v) is 2.01. The van der Waals surface area contributed by atoms with E-state index in [4.69, 9.17) is 14.9 Å². The van der Waals surface area contributed by atoms with E-state index >= 15 is 0 Å². The first kappa shape index (κ1) is 9.71. The smallest absolute Gasteiger partial charge is 0.129 e. The number of nitrogens with two attached hydrogens (primary N) is 1. The Morgan fingerprint density at radius 2 is 2.43 bits per heavy atom. The second kappa shape index (κ2) is 3.38. The summed E-state index contributed by atoms with van der Waals surface area (Å²) in [4.78, 5) is 0. The highest BCUT2D eigenvalue weighted by molar-refractivity contribution is 5.27. The Balaban J connectivity index is 2.19. The highest BCUT2D eigenvalue weighted by atomic mass is 16.5. The van der Waals surface area contributed by atoms with Crippen molar-refractivity contribution < 1.29 is 14.3 Å². The summed E-state index contributed by atoms with van der Waals surface area (Å²) < 4.78 is 10.4. The normalized spacial score (nSPS) is 31.5. The number of hydrogen-bond acceptors (Lipinski definition) is 4. The minimum Gasteiger partial charge on any atom is -0.467 e. The molecule has 4 heteroatoms. The van der Waals surface area contributed by atoms with Crippen molar-refractivity contribution >= 4 is 0 Å². The molecule has 0 spiro atoms. The molecule has 0 amide bonds. The van der Waals surface area contributed by atoms with Crippen molar-refractivity contribution in [1.82, 2.24) is 0 Å². The minimum absolute atomic E-state index is 0.291. The molecule has 1 saturated carbocycles. The van der Waals surface area contributed by atoms with Gasteiger partial charge in [0.25, 0.3) is 0 Å². The third kappa shape index (κ3) is 1.45. The van der Waals surface area contributed by atoms with Crippen LogP contribution in [0.2, 0.25) is 0 Å². The summed E-state index contributed by atoms with van der Waals surface area (Å²) in [5.41, 5.74) is 6.57. The SMILES string of the molecule is COCc1ccoc1C1(N)CC(O)C1. The second-order valence-electron chi connectivity index (χ2n) is 3.93. The lowest BCUT2D eigenvalue weighted by Crippen LogP contribution is -2.51. The van der Waals surface area contributed by atoms with E-state index in [1.807, 2.05) is 6.07 Å². The van der Waals surface area contributed by atoms with Crippen molar-refractivity contribution in [3.63, 3.8) is 0 Å². The summed E-state index contributed by atoms with van der Waals surface area (Å²) in [6, 6.07) is 1.86. The quantitative estimate of drug-likeness (QED) is 0.749. The average molecular weight is 197 g/mol. The van der Waals surface area contributed by atoms with Crippen LogP contribution in [-0.4, -0.2) is 18.3 Å². The first-order valence-electron chi connectivity index (χ1n) is 4.68. The Labute approximate surface area is 82.7 Å². The van der Waals surface area contributed by atoms with Crippen LogP contribution in [0.15, 0.2) is 16.7 Å². The molecule has 0 saturated heterocycles. The maximum absolute atomic E-state index is 9.25. The topological polar surface area (TPSA) is 68.6 Å². The molecule has 1 aromatic heterocycles. The van der Waals surface area contributed by atoms with E-state index in [1.165, 1.54) is 0 Å². The summed E-state index contributed by atoms with van der Waals surface area (Å²) in [6.07, 6.45) is 2.46. The van der Waals surface area contributed by atoms with Crippen LogP contribution in [0.1, 0.15) is 24.2 Å². The van der Waals surface area contributed by atoms with Gasteiger partial charge >= 0.3 is 0 Å². The van der Waals surface area contributed by atoms with Gasteiger partial charge in [-0.3, -0.25) is 0 Å². The molecule has 3 N–H and O–H groups in total. The molecule has 0 radical (unpaired) electrons. The predicted octanol–water partition coefficient (Wildman–Crippen LogP) is 0.735. The Bertz CT molecular complexity index is 315. The molecule has 1 aliphatic carbocycles. The van der Waals surface area contributed by atoms with E-state index in [0.29, 0.717) is 19.4 Å². The van der Waals surface area contributed by atoms with Crippen LogP contribution >= 0.6 is 0 Å². The van der Waals surface area contributed by atoms with Crippen molar-refractivity contribution in [1.29, 1.82) is 0 Å². The van der Waals surface area contributed by atoms with Gasteiger partial charge in [-0.25, -0.2) is 0 Å². The zero-order valence-electron chi connectivity index (χ0n) is 8.19. The molecule has 1 aliphatic rings. The van der Waals surface area contributed by atoms with E-state index in [2.05, 4.69) is 0 Å². The lowest BCUT2D eigenvalue weighted by Gasteiger charge is -2.41. The molecule has 0 atom stereocenters. The van der Waals surface area contributed by atoms with Crippen molar-refractivity contribution in [2.24, 2.45) is 5.73 Å². The summed E-state index contributed by atoms with van der Waals surface area (Å²) in [6.45, 7) is 0.501. The van der Waals surface area contributed by atoms with Crippen LogP contribution in [0, 0.1) is 0 Å². The highest BCUT2D eigenvalue weighted by Gasteiger charge is 2.45. The fourth-order valence-electron chi connectivity index (χ4n) is 2.01. The summed E-state index contributed by atoms with van der Waals surface area (Å²) >= 11 is 0. The van der Waals surface area contributed by atoms with Gasteiger partial charge in [0.15, 0.2) is 0 Å². The monoisotopic (exact) mass is 197 g/mol. The zero-order valence-corrected chi connectivity index (χ0v) is 8.19. The van der Waals surface area contributed by atoms with Crippen LogP contribution < -0.4 is 5.73 Å². The first-order valence-corrected chi connectivity index (χ1v) is 4.68. The zero-order chi connectivity index (χ0) is 10.2. The molecule has 1 aromatic rings. The van der Waals surface area contributed by atoms with E-state index < -0.39 is 5.54 Å². The summed E-state index contributed by atoms with van der Waals surface area (Å²) in [5, 5.41) is 9.25. The molecule has 0 bridgehead atoms. The van der Waals surface area contributed by atoms with E-state index in [0.717, 1.165) is 11.3 Å². The van der Waals surface area contributed by atoms with Crippen molar-refractivity contribution in [3.8, 4) is 0 Å². The molecule has 0 unspecified atom stereocenters. The third-order valence-electron chi connectivity index (χ3n) is 2.70. The number of aliphatic hydroxyl groups is 1. The Morgan fingerprint density at radius 1 is 1.71 bits per heavy atom. The molecular weight excluding hydrogens is 182 g/mol. The number of aliphatic hydroxyl groups excluding tert-OH is 1. The largest absolute Gasteiger partial charge is 0.467 e. The lowest BCUT2D eigenvalue weighted by molar-refractivity contribution is 0.00858. The number of hydrogen-bond donors (Lipinski definition) is 2. The number of methoxy groups -OCH3 is 1. The number of ether oxygens (including phenoxy) is 1. The van der Waals surface area contributed by atoms with Crippen molar-refractivity contribution in [2.75, 3.05) is 7.11 Å². The summed E-state index contributed by atoms with van der Waals surface area (Å²) in [5.74, 6) is 0.754. The highest BCUT2D eigenvalue weighted by Crippen LogP contribution is 2.40. The van der Waals surface area contributed by atoms with Crippen LogP contribution in [0.3, 0.4) is 0 Å². The van der Waals surface area contributed by atoms with Gasteiger partial charge in [0.05, 0.1) is 24.5 Å². The molecule has 2 rings (SSSR count). The molecule has 0 aromatic carbocycles. The lowest BCUT2D eigenvalue weighted by atomic mass is 9.72. The molecule has 4 nitrogen and oxygen atoms in total. The number of rotatable bonds is 3. The Hall–Kier alpha value is -0.840. The van der Waals surface area contributed by atoms with Gasteiger partial charge < -0.3 is 20.0 Å². The van der Waals surface area contributed by atoms with Crippen LogP contribution in [0.5, 0.6) is 0 Å². The van der Waals surface area contributed by atoms with Gasteiger partial charge in [-0.2, -0.15) is 0 Å². The average Bonchev–Trinajstić information content (AvgIpc) is 2.51. The van der Waals surface area contributed by atoms with Gasteiger partial charge in [0.1, 0.15) is 5.76 Å². The molecule has 1 heterocycles. The number of furan rings is 1. The second-order valence-corrected chi connectivity index (χ2v) is 3.93.